The van der Waals surface area contributed by atoms with Crippen LogP contribution in [0.3, 0.4) is 0 Å². The summed E-state index contributed by atoms with van der Waals surface area (Å²) in [6.07, 6.45) is 6.67. The molecule has 3 N–H and O–H groups in total. The van der Waals surface area contributed by atoms with E-state index < -0.39 is 5.97 Å². The van der Waals surface area contributed by atoms with Crippen LogP contribution in [0.2, 0.25) is 0 Å². The SMILES string of the molecule is CCCCNc1cc(C(=O)O)cc(NC2CCCC2)c1Oc1ccccc1. The molecule has 0 unspecified atom stereocenters. The van der Waals surface area contributed by atoms with E-state index in [1.54, 1.807) is 12.1 Å². The monoisotopic (exact) mass is 368 g/mol. The molecule has 1 aliphatic rings. The number of anilines is 2. The number of carboxylic acid groups (broad SMARTS) is 1. The molecule has 0 radical (unpaired) electrons. The van der Waals surface area contributed by atoms with E-state index in [2.05, 4.69) is 17.6 Å². The second kappa shape index (κ2) is 9.31. The van der Waals surface area contributed by atoms with Crippen molar-refractivity contribution in [2.75, 3.05) is 17.2 Å². The number of carbonyl (C=O) groups is 1. The highest BCUT2D eigenvalue weighted by molar-refractivity contribution is 5.92. The van der Waals surface area contributed by atoms with Crippen LogP contribution in [0.15, 0.2) is 42.5 Å². The first-order valence-electron chi connectivity index (χ1n) is 9.82. The third-order valence-electron chi connectivity index (χ3n) is 4.86. The fourth-order valence-electron chi connectivity index (χ4n) is 3.40. The van der Waals surface area contributed by atoms with Crippen molar-refractivity contribution in [3.05, 3.63) is 48.0 Å². The minimum absolute atomic E-state index is 0.259. The fourth-order valence-corrected chi connectivity index (χ4v) is 3.40. The van der Waals surface area contributed by atoms with E-state index in [1.807, 2.05) is 30.3 Å². The molecule has 2 aromatic rings. The van der Waals surface area contributed by atoms with Crippen LogP contribution in [0.5, 0.6) is 11.5 Å². The maximum absolute atomic E-state index is 11.6. The van der Waals surface area contributed by atoms with E-state index in [0.29, 0.717) is 17.5 Å². The molecule has 0 saturated heterocycles. The van der Waals surface area contributed by atoms with E-state index in [-0.39, 0.29) is 5.56 Å². The molecule has 0 atom stereocenters. The Kier molecular flexibility index (Phi) is 6.58. The third kappa shape index (κ3) is 5.16. The van der Waals surface area contributed by atoms with E-state index in [0.717, 1.165) is 43.7 Å². The number of rotatable bonds is 9. The average molecular weight is 368 g/mol. The first-order valence-corrected chi connectivity index (χ1v) is 9.82. The van der Waals surface area contributed by atoms with Crippen molar-refractivity contribution in [1.82, 2.24) is 0 Å². The van der Waals surface area contributed by atoms with Gasteiger partial charge in [-0.05, 0) is 43.5 Å². The minimum atomic E-state index is -0.936. The van der Waals surface area contributed by atoms with Crippen molar-refractivity contribution in [2.24, 2.45) is 0 Å². The predicted octanol–water partition coefficient (Wildman–Crippen LogP) is 5.74. The second-order valence-corrected chi connectivity index (χ2v) is 7.03. The Labute approximate surface area is 160 Å². The fraction of sp³-hybridized carbons (Fsp3) is 0.409. The highest BCUT2D eigenvalue weighted by atomic mass is 16.5. The van der Waals surface area contributed by atoms with Gasteiger partial charge in [0, 0.05) is 12.6 Å². The van der Waals surface area contributed by atoms with Gasteiger partial charge >= 0.3 is 5.97 Å². The number of nitrogens with one attached hydrogen (secondary N) is 2. The Hall–Kier alpha value is -2.69. The number of hydrogen-bond acceptors (Lipinski definition) is 4. The van der Waals surface area contributed by atoms with E-state index >= 15 is 0 Å². The number of ether oxygens (including phenoxy) is 1. The van der Waals surface area contributed by atoms with Gasteiger partial charge in [-0.15, -0.1) is 0 Å². The van der Waals surface area contributed by atoms with Gasteiger partial charge in [0.05, 0.1) is 16.9 Å². The largest absolute Gasteiger partial charge is 0.478 e. The molecule has 0 amide bonds. The van der Waals surface area contributed by atoms with Crippen LogP contribution in [0, 0.1) is 0 Å². The molecule has 27 heavy (non-hydrogen) atoms. The molecule has 3 rings (SSSR count). The Balaban J connectivity index is 1.98. The topological polar surface area (TPSA) is 70.6 Å². The minimum Gasteiger partial charge on any atom is -0.478 e. The molecular formula is C22H28N2O3. The normalized spacial score (nSPS) is 14.1. The summed E-state index contributed by atoms with van der Waals surface area (Å²) in [7, 11) is 0. The molecule has 1 saturated carbocycles. The summed E-state index contributed by atoms with van der Waals surface area (Å²) in [6, 6.07) is 13.3. The lowest BCUT2D eigenvalue weighted by molar-refractivity contribution is 0.0697. The molecule has 5 nitrogen and oxygen atoms in total. The molecule has 0 spiro atoms. The predicted molar refractivity (Wildman–Crippen MR) is 109 cm³/mol. The van der Waals surface area contributed by atoms with Crippen LogP contribution >= 0.6 is 0 Å². The van der Waals surface area contributed by atoms with Gasteiger partial charge in [-0.25, -0.2) is 4.79 Å². The van der Waals surface area contributed by atoms with E-state index in [4.69, 9.17) is 4.74 Å². The molecule has 0 aromatic heterocycles. The maximum Gasteiger partial charge on any atom is 0.335 e. The number of para-hydroxylation sites is 1. The van der Waals surface area contributed by atoms with Crippen molar-refractivity contribution < 1.29 is 14.6 Å². The van der Waals surface area contributed by atoms with Crippen molar-refractivity contribution in [2.45, 2.75) is 51.5 Å². The van der Waals surface area contributed by atoms with Crippen molar-refractivity contribution >= 4 is 17.3 Å². The van der Waals surface area contributed by atoms with Crippen LogP contribution in [-0.4, -0.2) is 23.7 Å². The lowest BCUT2D eigenvalue weighted by atomic mass is 10.1. The van der Waals surface area contributed by atoms with Crippen molar-refractivity contribution in [3.8, 4) is 11.5 Å². The number of hydrogen-bond donors (Lipinski definition) is 3. The maximum atomic E-state index is 11.6. The molecule has 0 heterocycles. The summed E-state index contributed by atoms with van der Waals surface area (Å²) < 4.78 is 6.20. The summed E-state index contributed by atoms with van der Waals surface area (Å²) in [5, 5.41) is 16.4. The lowest BCUT2D eigenvalue weighted by Gasteiger charge is -2.21. The van der Waals surface area contributed by atoms with Crippen LogP contribution in [0.4, 0.5) is 11.4 Å². The Morgan fingerprint density at radius 1 is 1.15 bits per heavy atom. The van der Waals surface area contributed by atoms with Crippen LogP contribution in [0.25, 0.3) is 0 Å². The van der Waals surface area contributed by atoms with Gasteiger partial charge in [0.25, 0.3) is 0 Å². The number of benzene rings is 2. The molecule has 0 aliphatic heterocycles. The zero-order valence-electron chi connectivity index (χ0n) is 15.8. The van der Waals surface area contributed by atoms with Gasteiger partial charge < -0.3 is 20.5 Å². The highest BCUT2D eigenvalue weighted by Gasteiger charge is 2.21. The van der Waals surface area contributed by atoms with Gasteiger partial charge in [-0.3, -0.25) is 0 Å². The van der Waals surface area contributed by atoms with Gasteiger partial charge in [0.2, 0.25) is 0 Å². The first-order chi connectivity index (χ1) is 13.2. The molecule has 1 fully saturated rings. The summed E-state index contributed by atoms with van der Waals surface area (Å²) in [6.45, 7) is 2.90. The van der Waals surface area contributed by atoms with E-state index in [9.17, 15) is 9.90 Å². The van der Waals surface area contributed by atoms with Gasteiger partial charge in [0.1, 0.15) is 5.75 Å². The number of carboxylic acids is 1. The highest BCUT2D eigenvalue weighted by Crippen LogP contribution is 2.40. The smallest absolute Gasteiger partial charge is 0.335 e. The average Bonchev–Trinajstić information content (AvgIpc) is 3.18. The van der Waals surface area contributed by atoms with Gasteiger partial charge in [-0.2, -0.15) is 0 Å². The summed E-state index contributed by atoms with van der Waals surface area (Å²) in [5.41, 5.74) is 1.72. The number of aromatic carboxylic acids is 1. The first kappa shape index (κ1) is 19.1. The molecule has 5 heteroatoms. The molecule has 2 aromatic carbocycles. The van der Waals surface area contributed by atoms with Crippen molar-refractivity contribution in [3.63, 3.8) is 0 Å². The summed E-state index contributed by atoms with van der Waals surface area (Å²) in [5.74, 6) is 0.456. The zero-order valence-corrected chi connectivity index (χ0v) is 15.8. The van der Waals surface area contributed by atoms with Crippen LogP contribution in [-0.2, 0) is 0 Å². The molecule has 1 aliphatic carbocycles. The molecule has 0 bridgehead atoms. The lowest BCUT2D eigenvalue weighted by Crippen LogP contribution is -2.16. The van der Waals surface area contributed by atoms with E-state index in [1.165, 1.54) is 12.8 Å². The third-order valence-corrected chi connectivity index (χ3v) is 4.86. The Bertz CT molecular complexity index is 756. The summed E-state index contributed by atoms with van der Waals surface area (Å²) in [4.78, 5) is 11.6. The molecular weight excluding hydrogens is 340 g/mol. The number of unbranched alkanes of at least 4 members (excludes halogenated alkanes) is 1. The van der Waals surface area contributed by atoms with Gasteiger partial charge in [0.15, 0.2) is 5.75 Å². The Morgan fingerprint density at radius 2 is 1.85 bits per heavy atom. The summed E-state index contributed by atoms with van der Waals surface area (Å²) >= 11 is 0. The second-order valence-electron chi connectivity index (χ2n) is 7.03. The zero-order chi connectivity index (χ0) is 19.1. The van der Waals surface area contributed by atoms with Crippen molar-refractivity contribution in [1.29, 1.82) is 0 Å². The van der Waals surface area contributed by atoms with Crippen LogP contribution in [0.1, 0.15) is 55.8 Å². The van der Waals surface area contributed by atoms with Gasteiger partial charge in [-0.1, -0.05) is 44.4 Å². The quantitative estimate of drug-likeness (QED) is 0.492. The Morgan fingerprint density at radius 3 is 2.52 bits per heavy atom. The van der Waals surface area contributed by atoms with Crippen LogP contribution < -0.4 is 15.4 Å². The standard InChI is InChI=1S/C22H28N2O3/c1-2-3-13-23-19-14-16(22(25)26)15-20(24-17-9-7-8-10-17)21(19)27-18-11-5-4-6-12-18/h4-6,11-12,14-15,17,23-24H,2-3,7-10,13H2,1H3,(H,25,26). The molecule has 144 valence electrons.